The maximum absolute atomic E-state index is 13.0. The highest BCUT2D eigenvalue weighted by atomic mass is 16.6. The molecule has 0 radical (unpaired) electrons. The molecule has 0 fully saturated rings. The number of rotatable bonds is 9. The molecule has 0 aliphatic heterocycles. The summed E-state index contributed by atoms with van der Waals surface area (Å²) in [6.45, 7) is 15.1. The largest absolute Gasteiger partial charge is 0.465 e. The predicted molar refractivity (Wildman–Crippen MR) is 132 cm³/mol. The molecule has 1 aromatic carbocycles. The van der Waals surface area contributed by atoms with Crippen LogP contribution in [0.5, 0.6) is 11.5 Å². The number of esters is 3. The summed E-state index contributed by atoms with van der Waals surface area (Å²) in [6, 6.07) is 1.74. The monoisotopic (exact) mass is 470 g/mol. The maximum atomic E-state index is 13.0. The van der Waals surface area contributed by atoms with E-state index >= 15 is 0 Å². The lowest BCUT2D eigenvalue weighted by Crippen LogP contribution is -2.30. The van der Waals surface area contributed by atoms with Crippen molar-refractivity contribution in [3.8, 4) is 11.5 Å². The van der Waals surface area contributed by atoms with Gasteiger partial charge in [0, 0.05) is 25.3 Å². The van der Waals surface area contributed by atoms with Gasteiger partial charge in [-0.05, 0) is 56.6 Å². The van der Waals surface area contributed by atoms with Gasteiger partial charge in [-0.3, -0.25) is 9.59 Å². The van der Waals surface area contributed by atoms with E-state index in [1.165, 1.54) is 21.0 Å². The summed E-state index contributed by atoms with van der Waals surface area (Å²) in [4.78, 5) is 37.4. The first-order valence-electron chi connectivity index (χ1n) is 11.9. The Hall–Kier alpha value is -2.89. The van der Waals surface area contributed by atoms with E-state index in [9.17, 15) is 14.4 Å². The van der Waals surface area contributed by atoms with Gasteiger partial charge in [0.25, 0.3) is 0 Å². The standard InChI is InChI=1S/C28H38O6/c1-9-10-11-12-21-16-23(33-19(5)29)25(26(34-20(6)30)24(21)27(31)32-8)22-15-18(4)13-14-28(22,7)17(2)3/h15-16,22H,2,9-14H2,1,3-8H3/t22?,28-/m0/s1. The second kappa shape index (κ2) is 11.5. The number of ether oxygens (including phenoxy) is 3. The number of benzene rings is 1. The Morgan fingerprint density at radius 3 is 2.29 bits per heavy atom. The van der Waals surface area contributed by atoms with Gasteiger partial charge in [0.05, 0.1) is 7.11 Å². The first kappa shape index (κ1) is 27.4. The minimum atomic E-state index is -0.591. The number of unbranched alkanes of at least 4 members (excludes halogenated alkanes) is 2. The number of carbonyl (C=O) groups excluding carboxylic acids is 3. The quantitative estimate of drug-likeness (QED) is 0.178. The second-order valence-corrected chi connectivity index (χ2v) is 9.48. The molecule has 1 aliphatic rings. The molecule has 0 N–H and O–H groups in total. The average molecular weight is 471 g/mol. The van der Waals surface area contributed by atoms with Crippen LogP contribution in [-0.2, 0) is 20.7 Å². The zero-order chi connectivity index (χ0) is 25.6. The number of carbonyl (C=O) groups is 3. The molecule has 0 amide bonds. The summed E-state index contributed by atoms with van der Waals surface area (Å²) in [5.41, 5.74) is 3.05. The average Bonchev–Trinajstić information content (AvgIpc) is 2.74. The van der Waals surface area contributed by atoms with Gasteiger partial charge in [0.15, 0.2) is 5.75 Å². The number of hydrogen-bond acceptors (Lipinski definition) is 6. The van der Waals surface area contributed by atoms with Crippen LogP contribution in [0.4, 0.5) is 0 Å². The van der Waals surface area contributed by atoms with Crippen molar-refractivity contribution in [3.63, 3.8) is 0 Å². The molecule has 2 atom stereocenters. The van der Waals surface area contributed by atoms with E-state index in [1.807, 2.05) is 13.8 Å². The third kappa shape index (κ3) is 5.96. The molecule has 0 saturated carbocycles. The molecule has 0 spiro atoms. The van der Waals surface area contributed by atoms with Crippen LogP contribution in [0.2, 0.25) is 0 Å². The first-order valence-corrected chi connectivity index (χ1v) is 11.9. The number of hydrogen-bond donors (Lipinski definition) is 0. The highest BCUT2D eigenvalue weighted by Crippen LogP contribution is 2.55. The Bertz CT molecular complexity index is 1000. The fourth-order valence-electron chi connectivity index (χ4n) is 4.62. The minimum absolute atomic E-state index is 0.105. The summed E-state index contributed by atoms with van der Waals surface area (Å²) >= 11 is 0. The van der Waals surface area contributed by atoms with E-state index in [0.29, 0.717) is 23.3 Å². The fourth-order valence-corrected chi connectivity index (χ4v) is 4.62. The third-order valence-corrected chi connectivity index (χ3v) is 6.76. The van der Waals surface area contributed by atoms with Gasteiger partial charge in [0.1, 0.15) is 11.3 Å². The Kier molecular flexibility index (Phi) is 9.25. The molecular formula is C28H38O6. The molecule has 0 aromatic heterocycles. The van der Waals surface area contributed by atoms with Gasteiger partial charge in [-0.25, -0.2) is 4.79 Å². The molecule has 6 heteroatoms. The Labute approximate surface area is 203 Å². The highest BCUT2D eigenvalue weighted by molar-refractivity contribution is 5.96. The van der Waals surface area contributed by atoms with Crippen LogP contribution in [-0.4, -0.2) is 25.0 Å². The first-order chi connectivity index (χ1) is 16.0. The van der Waals surface area contributed by atoms with E-state index in [-0.39, 0.29) is 17.2 Å². The highest BCUT2D eigenvalue weighted by Gasteiger charge is 2.42. The van der Waals surface area contributed by atoms with Crippen molar-refractivity contribution < 1.29 is 28.6 Å². The summed E-state index contributed by atoms with van der Waals surface area (Å²) in [5, 5.41) is 0. The van der Waals surface area contributed by atoms with Gasteiger partial charge in [-0.15, -0.1) is 0 Å². The van der Waals surface area contributed by atoms with Crippen LogP contribution >= 0.6 is 0 Å². The van der Waals surface area contributed by atoms with E-state index in [2.05, 4.69) is 26.5 Å². The van der Waals surface area contributed by atoms with Gasteiger partial charge < -0.3 is 14.2 Å². The number of allylic oxidation sites excluding steroid dienone is 3. The number of aryl methyl sites for hydroxylation is 1. The summed E-state index contributed by atoms with van der Waals surface area (Å²) in [5.74, 6) is -1.57. The summed E-state index contributed by atoms with van der Waals surface area (Å²) < 4.78 is 16.6. The molecule has 186 valence electrons. The molecule has 2 rings (SSSR count). The van der Waals surface area contributed by atoms with Gasteiger partial charge in [0.2, 0.25) is 0 Å². The topological polar surface area (TPSA) is 78.9 Å². The Balaban J connectivity index is 2.99. The maximum Gasteiger partial charge on any atom is 0.341 e. The van der Waals surface area contributed by atoms with E-state index < -0.39 is 23.3 Å². The third-order valence-electron chi connectivity index (χ3n) is 6.76. The van der Waals surface area contributed by atoms with Crippen molar-refractivity contribution in [3.05, 3.63) is 46.6 Å². The van der Waals surface area contributed by atoms with Crippen LogP contribution in [0, 0.1) is 5.41 Å². The van der Waals surface area contributed by atoms with Crippen molar-refractivity contribution in [1.82, 2.24) is 0 Å². The molecule has 1 aromatic rings. The normalized spacial score (nSPS) is 19.7. The molecule has 1 aliphatic carbocycles. The van der Waals surface area contributed by atoms with Gasteiger partial charge in [-0.2, -0.15) is 0 Å². The summed E-state index contributed by atoms with van der Waals surface area (Å²) in [7, 11) is 1.30. The van der Waals surface area contributed by atoms with Crippen LogP contribution < -0.4 is 9.47 Å². The Morgan fingerprint density at radius 1 is 1.12 bits per heavy atom. The number of methoxy groups -OCH3 is 1. The van der Waals surface area contributed by atoms with Crippen molar-refractivity contribution in [2.45, 2.75) is 86.0 Å². The second-order valence-electron chi connectivity index (χ2n) is 9.48. The van der Waals surface area contributed by atoms with Crippen molar-refractivity contribution in [2.75, 3.05) is 7.11 Å². The zero-order valence-corrected chi connectivity index (χ0v) is 21.6. The molecule has 0 saturated heterocycles. The summed E-state index contributed by atoms with van der Waals surface area (Å²) in [6.07, 6.45) is 7.16. The van der Waals surface area contributed by atoms with Crippen molar-refractivity contribution in [2.24, 2.45) is 5.41 Å². The van der Waals surface area contributed by atoms with E-state index in [0.717, 1.165) is 43.3 Å². The lowest BCUT2D eigenvalue weighted by Gasteiger charge is -2.42. The lowest BCUT2D eigenvalue weighted by atomic mass is 9.62. The SMILES string of the molecule is C=C(C)[C@]1(C)CCC(C)=CC1c1c(OC(C)=O)cc(CCCCC)c(C(=O)OC)c1OC(C)=O. The van der Waals surface area contributed by atoms with Crippen molar-refractivity contribution >= 4 is 17.9 Å². The van der Waals surface area contributed by atoms with Crippen molar-refractivity contribution in [1.29, 1.82) is 0 Å². The van der Waals surface area contributed by atoms with E-state index in [4.69, 9.17) is 14.2 Å². The van der Waals surface area contributed by atoms with E-state index in [1.54, 1.807) is 6.07 Å². The Morgan fingerprint density at radius 2 is 1.76 bits per heavy atom. The van der Waals surface area contributed by atoms with Gasteiger partial charge in [-0.1, -0.05) is 50.5 Å². The smallest absolute Gasteiger partial charge is 0.341 e. The molecular weight excluding hydrogens is 432 g/mol. The minimum Gasteiger partial charge on any atom is -0.465 e. The molecule has 1 unspecified atom stereocenters. The molecule has 0 heterocycles. The lowest BCUT2D eigenvalue weighted by molar-refractivity contribution is -0.132. The van der Waals surface area contributed by atoms with Crippen LogP contribution in [0.15, 0.2) is 29.9 Å². The van der Waals surface area contributed by atoms with Crippen LogP contribution in [0.1, 0.15) is 101 Å². The molecule has 6 nitrogen and oxygen atoms in total. The zero-order valence-electron chi connectivity index (χ0n) is 21.6. The van der Waals surface area contributed by atoms with Crippen LogP contribution in [0.3, 0.4) is 0 Å². The molecule has 34 heavy (non-hydrogen) atoms. The van der Waals surface area contributed by atoms with Crippen LogP contribution in [0.25, 0.3) is 0 Å². The predicted octanol–water partition coefficient (Wildman–Crippen LogP) is 6.46. The fraction of sp³-hybridized carbons (Fsp3) is 0.536. The molecule has 0 bridgehead atoms. The van der Waals surface area contributed by atoms with Gasteiger partial charge >= 0.3 is 17.9 Å².